The molecule has 96 valence electrons. The van der Waals surface area contributed by atoms with Crippen molar-refractivity contribution in [2.75, 3.05) is 0 Å². The molecule has 18 heavy (non-hydrogen) atoms. The van der Waals surface area contributed by atoms with Crippen molar-refractivity contribution in [2.45, 2.75) is 45.4 Å². The lowest BCUT2D eigenvalue weighted by Crippen LogP contribution is -2.03. The number of nitriles is 1. The standard InChI is InChI=1S/C15H18BrNO/c1-2-3-4-5-6-10-14(18)15-12(11-17)8-7-9-13(15)16/h7-9H,2-6,10H2,1H3. The molecule has 0 N–H and O–H groups in total. The minimum atomic E-state index is 0.0653. The summed E-state index contributed by atoms with van der Waals surface area (Å²) in [6, 6.07) is 7.36. The summed E-state index contributed by atoms with van der Waals surface area (Å²) in [4.78, 5) is 12.1. The van der Waals surface area contributed by atoms with Crippen molar-refractivity contribution in [3.63, 3.8) is 0 Å². The first-order valence-electron chi connectivity index (χ1n) is 6.42. The zero-order valence-corrected chi connectivity index (χ0v) is 12.3. The van der Waals surface area contributed by atoms with Crippen LogP contribution in [-0.4, -0.2) is 5.78 Å². The smallest absolute Gasteiger partial charge is 0.165 e. The fourth-order valence-electron chi connectivity index (χ4n) is 1.91. The normalized spacial score (nSPS) is 10.1. The summed E-state index contributed by atoms with van der Waals surface area (Å²) in [6.45, 7) is 2.17. The highest BCUT2D eigenvalue weighted by atomic mass is 79.9. The number of nitrogens with zero attached hydrogens (tertiary/aromatic N) is 1. The van der Waals surface area contributed by atoms with E-state index in [1.54, 1.807) is 12.1 Å². The quantitative estimate of drug-likeness (QED) is 0.533. The minimum Gasteiger partial charge on any atom is -0.294 e. The van der Waals surface area contributed by atoms with Gasteiger partial charge in [-0.25, -0.2) is 0 Å². The molecule has 0 unspecified atom stereocenters. The van der Waals surface area contributed by atoms with Crippen LogP contribution in [0.2, 0.25) is 0 Å². The molecule has 0 aliphatic rings. The number of hydrogen-bond acceptors (Lipinski definition) is 2. The summed E-state index contributed by atoms with van der Waals surface area (Å²) in [5.74, 6) is 0.0653. The van der Waals surface area contributed by atoms with Crippen LogP contribution in [0.25, 0.3) is 0 Å². The molecule has 1 rings (SSSR count). The number of rotatable bonds is 7. The van der Waals surface area contributed by atoms with Crippen LogP contribution in [-0.2, 0) is 0 Å². The molecule has 0 aliphatic carbocycles. The number of carbonyl (C=O) groups is 1. The second-order valence-corrected chi connectivity index (χ2v) is 5.22. The first-order chi connectivity index (χ1) is 8.70. The molecule has 0 heterocycles. The zero-order valence-electron chi connectivity index (χ0n) is 10.7. The van der Waals surface area contributed by atoms with E-state index in [-0.39, 0.29) is 5.78 Å². The molecule has 1 aromatic rings. The van der Waals surface area contributed by atoms with Crippen LogP contribution in [0.5, 0.6) is 0 Å². The van der Waals surface area contributed by atoms with Gasteiger partial charge < -0.3 is 0 Å². The summed E-state index contributed by atoms with van der Waals surface area (Å²) >= 11 is 3.35. The first kappa shape index (κ1) is 14.9. The van der Waals surface area contributed by atoms with E-state index in [1.165, 1.54) is 19.3 Å². The van der Waals surface area contributed by atoms with Crippen LogP contribution in [0.15, 0.2) is 22.7 Å². The van der Waals surface area contributed by atoms with Gasteiger partial charge in [0.2, 0.25) is 0 Å². The number of halogens is 1. The molecule has 0 saturated heterocycles. The molecule has 0 bridgehead atoms. The molecule has 0 atom stereocenters. The second-order valence-electron chi connectivity index (χ2n) is 4.36. The number of carbonyl (C=O) groups excluding carboxylic acids is 1. The predicted octanol–water partition coefficient (Wildman–Crippen LogP) is 4.86. The highest BCUT2D eigenvalue weighted by Crippen LogP contribution is 2.22. The van der Waals surface area contributed by atoms with Gasteiger partial charge in [0.25, 0.3) is 0 Å². The van der Waals surface area contributed by atoms with E-state index < -0.39 is 0 Å². The van der Waals surface area contributed by atoms with E-state index in [0.717, 1.165) is 17.3 Å². The van der Waals surface area contributed by atoms with Gasteiger partial charge in [0.05, 0.1) is 11.6 Å². The summed E-state index contributed by atoms with van der Waals surface area (Å²) in [5.41, 5.74) is 0.999. The van der Waals surface area contributed by atoms with Gasteiger partial charge in [-0.1, -0.05) is 54.6 Å². The average molecular weight is 308 g/mol. The van der Waals surface area contributed by atoms with Crippen molar-refractivity contribution in [1.82, 2.24) is 0 Å². The topological polar surface area (TPSA) is 40.9 Å². The van der Waals surface area contributed by atoms with Gasteiger partial charge in [0.15, 0.2) is 5.78 Å². The summed E-state index contributed by atoms with van der Waals surface area (Å²) in [7, 11) is 0. The molecule has 0 aromatic heterocycles. The van der Waals surface area contributed by atoms with E-state index in [1.807, 2.05) is 6.07 Å². The number of hydrogen-bond donors (Lipinski definition) is 0. The Morgan fingerprint density at radius 2 is 2.00 bits per heavy atom. The Morgan fingerprint density at radius 1 is 1.28 bits per heavy atom. The largest absolute Gasteiger partial charge is 0.294 e. The van der Waals surface area contributed by atoms with Crippen LogP contribution >= 0.6 is 15.9 Å². The molecule has 0 aliphatic heterocycles. The summed E-state index contributed by atoms with van der Waals surface area (Å²) < 4.78 is 0.722. The van der Waals surface area contributed by atoms with Gasteiger partial charge in [-0.3, -0.25) is 4.79 Å². The maximum Gasteiger partial charge on any atom is 0.165 e. The zero-order chi connectivity index (χ0) is 13.4. The average Bonchev–Trinajstić information content (AvgIpc) is 2.37. The third-order valence-corrected chi connectivity index (χ3v) is 3.58. The molecule has 0 radical (unpaired) electrons. The van der Waals surface area contributed by atoms with Gasteiger partial charge in [-0.2, -0.15) is 5.26 Å². The lowest BCUT2D eigenvalue weighted by molar-refractivity contribution is 0.0978. The molecule has 0 spiro atoms. The third kappa shape index (κ3) is 4.27. The van der Waals surface area contributed by atoms with E-state index in [0.29, 0.717) is 17.5 Å². The fourth-order valence-corrected chi connectivity index (χ4v) is 2.50. The third-order valence-electron chi connectivity index (χ3n) is 2.92. The Kier molecular flexibility index (Phi) is 6.67. The van der Waals surface area contributed by atoms with Gasteiger partial charge in [-0.05, 0) is 18.6 Å². The molecular weight excluding hydrogens is 290 g/mol. The molecule has 1 aromatic carbocycles. The highest BCUT2D eigenvalue weighted by Gasteiger charge is 2.14. The predicted molar refractivity (Wildman–Crippen MR) is 76.6 cm³/mol. The van der Waals surface area contributed by atoms with Crippen molar-refractivity contribution in [2.24, 2.45) is 0 Å². The number of unbranched alkanes of at least 4 members (excludes halogenated alkanes) is 4. The van der Waals surface area contributed by atoms with Gasteiger partial charge in [0.1, 0.15) is 0 Å². The maximum atomic E-state index is 12.1. The Bertz CT molecular complexity index is 448. The van der Waals surface area contributed by atoms with Crippen molar-refractivity contribution < 1.29 is 4.79 Å². The monoisotopic (exact) mass is 307 g/mol. The van der Waals surface area contributed by atoms with Crippen molar-refractivity contribution in [1.29, 1.82) is 5.26 Å². The number of benzene rings is 1. The van der Waals surface area contributed by atoms with Crippen molar-refractivity contribution in [3.8, 4) is 6.07 Å². The Labute approximate surface area is 117 Å². The van der Waals surface area contributed by atoms with E-state index in [4.69, 9.17) is 5.26 Å². The molecule has 0 saturated carbocycles. The summed E-state index contributed by atoms with van der Waals surface area (Å²) in [6.07, 6.45) is 6.15. The molecule has 0 fully saturated rings. The molecule has 0 amide bonds. The molecule has 2 nitrogen and oxygen atoms in total. The summed E-state index contributed by atoms with van der Waals surface area (Å²) in [5, 5.41) is 9.01. The van der Waals surface area contributed by atoms with Crippen LogP contribution in [0.1, 0.15) is 61.4 Å². The first-order valence-corrected chi connectivity index (χ1v) is 7.21. The minimum absolute atomic E-state index is 0.0653. The molecule has 3 heteroatoms. The number of Topliss-reactive ketones (excluding diaryl/α,β-unsaturated/α-hetero) is 1. The maximum absolute atomic E-state index is 12.1. The van der Waals surface area contributed by atoms with Crippen LogP contribution in [0.3, 0.4) is 0 Å². The van der Waals surface area contributed by atoms with E-state index in [2.05, 4.69) is 28.9 Å². The SMILES string of the molecule is CCCCCCCC(=O)c1c(Br)cccc1C#N. The van der Waals surface area contributed by atoms with Crippen molar-refractivity contribution in [3.05, 3.63) is 33.8 Å². The fraction of sp³-hybridized carbons (Fsp3) is 0.467. The van der Waals surface area contributed by atoms with Crippen molar-refractivity contribution >= 4 is 21.7 Å². The lowest BCUT2D eigenvalue weighted by atomic mass is 10.00. The van der Waals surface area contributed by atoms with E-state index >= 15 is 0 Å². The Balaban J connectivity index is 2.59. The van der Waals surface area contributed by atoms with Gasteiger partial charge >= 0.3 is 0 Å². The molecular formula is C15H18BrNO. The lowest BCUT2D eigenvalue weighted by Gasteiger charge is -2.05. The highest BCUT2D eigenvalue weighted by molar-refractivity contribution is 9.10. The second kappa shape index (κ2) is 8.05. The van der Waals surface area contributed by atoms with Crippen LogP contribution in [0, 0.1) is 11.3 Å². The Hall–Kier alpha value is -1.14. The van der Waals surface area contributed by atoms with Crippen LogP contribution < -0.4 is 0 Å². The Morgan fingerprint density at radius 3 is 2.67 bits per heavy atom. The van der Waals surface area contributed by atoms with Gasteiger partial charge in [-0.15, -0.1) is 0 Å². The van der Waals surface area contributed by atoms with Crippen LogP contribution in [0.4, 0.5) is 0 Å². The van der Waals surface area contributed by atoms with E-state index in [9.17, 15) is 4.79 Å². The van der Waals surface area contributed by atoms with Gasteiger partial charge in [0, 0.05) is 16.5 Å². The number of ketones is 1.